The Bertz CT molecular complexity index is 1900. The summed E-state index contributed by atoms with van der Waals surface area (Å²) in [7, 11) is -9.92. The molecule has 0 aliphatic heterocycles. The lowest BCUT2D eigenvalue weighted by Crippen LogP contribution is -2.30. The first-order valence-electron chi connectivity index (χ1n) is 40.2. The summed E-state index contributed by atoms with van der Waals surface area (Å²) < 4.78 is 68.6. The van der Waals surface area contributed by atoms with Crippen LogP contribution in [0.2, 0.25) is 0 Å². The predicted molar refractivity (Wildman–Crippen MR) is 395 cm³/mol. The summed E-state index contributed by atoms with van der Waals surface area (Å²) in [5.41, 5.74) is 0. The molecule has 5 atom stereocenters. The van der Waals surface area contributed by atoms with E-state index >= 15 is 0 Å². The fraction of sp³-hybridized carbons (Fsp3) is 0.949. The van der Waals surface area contributed by atoms with Crippen LogP contribution in [-0.2, 0) is 65.4 Å². The summed E-state index contributed by atoms with van der Waals surface area (Å²) >= 11 is 0. The Hall–Kier alpha value is -1.94. The number of hydrogen-bond acceptors (Lipinski definition) is 15. The molecule has 0 bridgehead atoms. The van der Waals surface area contributed by atoms with Gasteiger partial charge in [-0.1, -0.05) is 344 Å². The predicted octanol–water partition coefficient (Wildman–Crippen LogP) is 22.8. The van der Waals surface area contributed by atoms with E-state index < -0.39 is 97.5 Å². The van der Waals surface area contributed by atoms with Crippen molar-refractivity contribution in [2.45, 2.75) is 414 Å². The van der Waals surface area contributed by atoms with Crippen molar-refractivity contribution in [3.05, 3.63) is 0 Å². The van der Waals surface area contributed by atoms with Crippen LogP contribution in [-0.4, -0.2) is 96.7 Å². The van der Waals surface area contributed by atoms with Crippen LogP contribution in [0.3, 0.4) is 0 Å². The molecule has 0 heterocycles. The maximum atomic E-state index is 13.1. The van der Waals surface area contributed by atoms with Gasteiger partial charge in [-0.3, -0.25) is 37.3 Å². The van der Waals surface area contributed by atoms with E-state index in [1.807, 2.05) is 0 Å². The first kappa shape index (κ1) is 95.1. The molecule has 0 radical (unpaired) electrons. The Morgan fingerprint density at radius 2 is 0.433 bits per heavy atom. The standard InChI is InChI=1S/C78H152O17P2/c1-68(2)54-46-38-30-23-17-12-10-9-11-13-20-27-35-44-52-60-77(82)95-74(65-89-76(81)59-51-43-37-29-33-41-49-57-71(7)8)67-93-97(86,87)91-63-72(79)62-90-96(84,85)92-66-73(64-88-75(80)58-50-42-34-26-22-16-19-25-32-40-48-56-70(5)6)94-78(83)61-53-45-36-28-21-15-14-18-24-31-39-47-55-69(3)4/h68-74,79H,9-67H2,1-8H3,(H,84,85)(H,86,87)/t72?,73-,74-/m1/s1. The maximum absolute atomic E-state index is 13.1. The lowest BCUT2D eigenvalue weighted by molar-refractivity contribution is -0.161. The van der Waals surface area contributed by atoms with Gasteiger partial charge in [0.2, 0.25) is 0 Å². The third-order valence-corrected chi connectivity index (χ3v) is 20.0. The van der Waals surface area contributed by atoms with Crippen molar-refractivity contribution < 1.29 is 80.2 Å². The van der Waals surface area contributed by atoms with Crippen molar-refractivity contribution in [1.82, 2.24) is 0 Å². The van der Waals surface area contributed by atoms with Gasteiger partial charge in [0, 0.05) is 25.7 Å². The summed E-state index contributed by atoms with van der Waals surface area (Å²) in [6, 6.07) is 0. The first-order valence-corrected chi connectivity index (χ1v) is 43.2. The smallest absolute Gasteiger partial charge is 0.462 e. The molecule has 0 saturated carbocycles. The largest absolute Gasteiger partial charge is 0.472 e. The van der Waals surface area contributed by atoms with Gasteiger partial charge in [0.15, 0.2) is 12.2 Å². The average molecular weight is 1420 g/mol. The molecule has 17 nitrogen and oxygen atoms in total. The minimum Gasteiger partial charge on any atom is -0.462 e. The van der Waals surface area contributed by atoms with E-state index in [-0.39, 0.29) is 25.7 Å². The van der Waals surface area contributed by atoms with Gasteiger partial charge in [-0.05, 0) is 49.4 Å². The number of phosphoric acid groups is 2. The first-order chi connectivity index (χ1) is 46.6. The molecule has 0 fully saturated rings. The molecule has 0 saturated heterocycles. The van der Waals surface area contributed by atoms with Crippen LogP contribution < -0.4 is 0 Å². The number of ether oxygens (including phenoxy) is 4. The zero-order valence-corrected chi connectivity index (χ0v) is 65.5. The number of aliphatic hydroxyl groups is 1. The highest BCUT2D eigenvalue weighted by molar-refractivity contribution is 7.47. The van der Waals surface area contributed by atoms with Gasteiger partial charge in [0.1, 0.15) is 19.3 Å². The van der Waals surface area contributed by atoms with Crippen LogP contribution >= 0.6 is 15.6 Å². The second-order valence-corrected chi connectivity index (χ2v) is 32.9. The number of unbranched alkanes of at least 4 members (excludes halogenated alkanes) is 41. The second kappa shape index (κ2) is 67.2. The van der Waals surface area contributed by atoms with Gasteiger partial charge in [0.25, 0.3) is 0 Å². The topological polar surface area (TPSA) is 237 Å². The molecule has 0 amide bonds. The molecule has 19 heteroatoms. The molecule has 0 aliphatic rings. The molecule has 576 valence electrons. The van der Waals surface area contributed by atoms with Gasteiger partial charge in [-0.25, -0.2) is 9.13 Å². The molecule has 97 heavy (non-hydrogen) atoms. The highest BCUT2D eigenvalue weighted by Crippen LogP contribution is 2.45. The monoisotopic (exact) mass is 1420 g/mol. The maximum Gasteiger partial charge on any atom is 0.472 e. The molecular weight excluding hydrogens is 1270 g/mol. The van der Waals surface area contributed by atoms with Gasteiger partial charge in [0.05, 0.1) is 26.4 Å². The third kappa shape index (κ3) is 72.2. The molecule has 0 aromatic carbocycles. The molecule has 0 spiro atoms. The van der Waals surface area contributed by atoms with Crippen molar-refractivity contribution in [1.29, 1.82) is 0 Å². The summed E-state index contributed by atoms with van der Waals surface area (Å²) in [5.74, 6) is 0.937. The van der Waals surface area contributed by atoms with Crippen LogP contribution in [0.4, 0.5) is 0 Å². The van der Waals surface area contributed by atoms with Crippen molar-refractivity contribution >= 4 is 39.5 Å². The van der Waals surface area contributed by atoms with Crippen molar-refractivity contribution in [2.24, 2.45) is 23.7 Å². The molecule has 3 unspecified atom stereocenters. The van der Waals surface area contributed by atoms with Gasteiger partial charge >= 0.3 is 39.5 Å². The zero-order chi connectivity index (χ0) is 71.7. The normalized spacial score (nSPS) is 14.1. The fourth-order valence-electron chi connectivity index (χ4n) is 11.9. The summed E-state index contributed by atoms with van der Waals surface area (Å²) in [6.45, 7) is 14.2. The summed E-state index contributed by atoms with van der Waals surface area (Å²) in [4.78, 5) is 72.9. The van der Waals surface area contributed by atoms with Crippen LogP contribution in [0, 0.1) is 23.7 Å². The Morgan fingerprint density at radius 1 is 0.258 bits per heavy atom. The molecule has 0 aromatic heterocycles. The Labute approximate surface area is 594 Å². The number of phosphoric ester groups is 2. The highest BCUT2D eigenvalue weighted by Gasteiger charge is 2.30. The number of esters is 4. The summed E-state index contributed by atoms with van der Waals surface area (Å²) in [6.07, 6.45) is 52.7. The van der Waals surface area contributed by atoms with E-state index in [1.54, 1.807) is 0 Å². The Morgan fingerprint density at radius 3 is 0.639 bits per heavy atom. The van der Waals surface area contributed by atoms with Gasteiger partial charge in [-0.2, -0.15) is 0 Å². The molecule has 0 rings (SSSR count). The van der Waals surface area contributed by atoms with E-state index in [9.17, 15) is 43.2 Å². The molecular formula is C78H152O17P2. The molecule has 0 aromatic rings. The van der Waals surface area contributed by atoms with Crippen LogP contribution in [0.5, 0.6) is 0 Å². The minimum absolute atomic E-state index is 0.106. The van der Waals surface area contributed by atoms with Crippen LogP contribution in [0.25, 0.3) is 0 Å². The Kier molecular flexibility index (Phi) is 65.9. The fourth-order valence-corrected chi connectivity index (χ4v) is 13.5. The highest BCUT2D eigenvalue weighted by atomic mass is 31.2. The van der Waals surface area contributed by atoms with Crippen molar-refractivity contribution in [3.8, 4) is 0 Å². The number of aliphatic hydroxyl groups excluding tert-OH is 1. The average Bonchev–Trinajstić information content (AvgIpc) is 1.37. The van der Waals surface area contributed by atoms with Crippen LogP contribution in [0.1, 0.15) is 396 Å². The summed E-state index contributed by atoms with van der Waals surface area (Å²) in [5, 5.41) is 10.6. The van der Waals surface area contributed by atoms with E-state index in [0.29, 0.717) is 31.6 Å². The number of carbonyl (C=O) groups excluding carboxylic acids is 4. The minimum atomic E-state index is -4.96. The molecule has 3 N–H and O–H groups in total. The van der Waals surface area contributed by atoms with E-state index in [0.717, 1.165) is 114 Å². The lowest BCUT2D eigenvalue weighted by Gasteiger charge is -2.21. The van der Waals surface area contributed by atoms with Crippen molar-refractivity contribution in [3.63, 3.8) is 0 Å². The SMILES string of the molecule is CC(C)CCCCCCCCCCCCCCCCCC(=O)O[C@H](COC(=O)CCCCCCCCCC(C)C)COP(=O)(O)OCC(O)COP(=O)(O)OC[C@@H](COC(=O)CCCCCCCCCCCCCC(C)C)OC(=O)CCCCCCCCCCCCCCC(C)C. The van der Waals surface area contributed by atoms with Crippen LogP contribution in [0.15, 0.2) is 0 Å². The van der Waals surface area contributed by atoms with E-state index in [1.165, 1.54) is 193 Å². The van der Waals surface area contributed by atoms with Gasteiger partial charge < -0.3 is 33.8 Å². The number of rotatable bonds is 75. The second-order valence-electron chi connectivity index (χ2n) is 30.0. The zero-order valence-electron chi connectivity index (χ0n) is 63.7. The quantitative estimate of drug-likeness (QED) is 0.0222. The molecule has 0 aliphatic carbocycles. The Balaban J connectivity index is 5.24. The van der Waals surface area contributed by atoms with Crippen molar-refractivity contribution in [2.75, 3.05) is 39.6 Å². The lowest BCUT2D eigenvalue weighted by atomic mass is 10.0. The van der Waals surface area contributed by atoms with Gasteiger partial charge in [-0.15, -0.1) is 0 Å². The number of carbonyl (C=O) groups is 4. The number of hydrogen-bond donors (Lipinski definition) is 3. The third-order valence-electron chi connectivity index (χ3n) is 18.1. The van der Waals surface area contributed by atoms with E-state index in [2.05, 4.69) is 55.4 Å². The van der Waals surface area contributed by atoms with E-state index in [4.69, 9.17) is 37.0 Å².